The van der Waals surface area contributed by atoms with Gasteiger partial charge in [-0.2, -0.15) is 0 Å². The van der Waals surface area contributed by atoms with Gasteiger partial charge in [0.1, 0.15) is 11.4 Å². The van der Waals surface area contributed by atoms with Crippen molar-refractivity contribution in [1.29, 1.82) is 0 Å². The van der Waals surface area contributed by atoms with E-state index in [4.69, 9.17) is 4.74 Å². The van der Waals surface area contributed by atoms with E-state index in [1.165, 1.54) is 0 Å². The summed E-state index contributed by atoms with van der Waals surface area (Å²) in [4.78, 5) is 0. The summed E-state index contributed by atoms with van der Waals surface area (Å²) < 4.78 is 19.5. The first kappa shape index (κ1) is 12.2. The van der Waals surface area contributed by atoms with E-state index in [1.807, 2.05) is 24.3 Å². The standard InChI is InChI=1S/C13H19FN2O/c1-17-12-6-3-2-5-11(12)16-10-13(14)7-4-8-15-9-13/h2-3,5-6,15-16H,4,7-10H2,1H3. The van der Waals surface area contributed by atoms with Gasteiger partial charge < -0.3 is 15.4 Å². The van der Waals surface area contributed by atoms with Crippen LogP contribution in [0.5, 0.6) is 5.75 Å². The fourth-order valence-electron chi connectivity index (χ4n) is 2.13. The van der Waals surface area contributed by atoms with Gasteiger partial charge in [0.25, 0.3) is 0 Å². The minimum atomic E-state index is -1.15. The molecule has 3 nitrogen and oxygen atoms in total. The van der Waals surface area contributed by atoms with Crippen molar-refractivity contribution in [2.75, 3.05) is 32.1 Å². The molecule has 0 aliphatic carbocycles. The summed E-state index contributed by atoms with van der Waals surface area (Å²) in [7, 11) is 1.62. The molecule has 0 spiro atoms. The predicted octanol–water partition coefficient (Wildman–Crippen LogP) is 2.20. The fraction of sp³-hybridized carbons (Fsp3) is 0.538. The van der Waals surface area contributed by atoms with E-state index in [0.717, 1.165) is 24.4 Å². The lowest BCUT2D eigenvalue weighted by Gasteiger charge is -2.30. The molecule has 1 unspecified atom stereocenters. The Kier molecular flexibility index (Phi) is 3.84. The van der Waals surface area contributed by atoms with Crippen LogP contribution < -0.4 is 15.4 Å². The number of piperidine rings is 1. The first-order valence-electron chi connectivity index (χ1n) is 6.00. The number of alkyl halides is 1. The zero-order valence-electron chi connectivity index (χ0n) is 10.1. The van der Waals surface area contributed by atoms with E-state index in [-0.39, 0.29) is 0 Å². The number of methoxy groups -OCH3 is 1. The Morgan fingerprint density at radius 2 is 2.29 bits per heavy atom. The molecule has 1 aliphatic rings. The molecule has 4 heteroatoms. The van der Waals surface area contributed by atoms with Crippen LogP contribution >= 0.6 is 0 Å². The fourth-order valence-corrected chi connectivity index (χ4v) is 2.13. The van der Waals surface area contributed by atoms with Crippen LogP contribution in [0, 0.1) is 0 Å². The highest BCUT2D eigenvalue weighted by atomic mass is 19.1. The molecule has 1 fully saturated rings. The molecule has 2 N–H and O–H groups in total. The minimum absolute atomic E-state index is 0.320. The van der Waals surface area contributed by atoms with Gasteiger partial charge in [0, 0.05) is 6.54 Å². The van der Waals surface area contributed by atoms with Gasteiger partial charge in [0.05, 0.1) is 19.3 Å². The molecule has 94 valence electrons. The van der Waals surface area contributed by atoms with Crippen molar-refractivity contribution in [2.45, 2.75) is 18.5 Å². The Morgan fingerprint density at radius 3 is 3.00 bits per heavy atom. The number of anilines is 1. The van der Waals surface area contributed by atoms with Crippen molar-refractivity contribution in [3.63, 3.8) is 0 Å². The highest BCUT2D eigenvalue weighted by molar-refractivity contribution is 5.56. The van der Waals surface area contributed by atoms with Gasteiger partial charge in [0.15, 0.2) is 0 Å². The van der Waals surface area contributed by atoms with Crippen molar-refractivity contribution in [3.05, 3.63) is 24.3 Å². The lowest BCUT2D eigenvalue weighted by molar-refractivity contribution is 0.137. The van der Waals surface area contributed by atoms with E-state index in [9.17, 15) is 4.39 Å². The largest absolute Gasteiger partial charge is 0.495 e. The second-order valence-corrected chi connectivity index (χ2v) is 4.49. The van der Waals surface area contributed by atoms with Gasteiger partial charge in [-0.05, 0) is 31.5 Å². The summed E-state index contributed by atoms with van der Waals surface area (Å²) in [6, 6.07) is 7.58. The van der Waals surface area contributed by atoms with Crippen LogP contribution in [0.25, 0.3) is 0 Å². The average Bonchev–Trinajstić information content (AvgIpc) is 2.38. The minimum Gasteiger partial charge on any atom is -0.495 e. The smallest absolute Gasteiger partial charge is 0.141 e. The molecule has 0 saturated carbocycles. The first-order chi connectivity index (χ1) is 8.23. The van der Waals surface area contributed by atoms with Gasteiger partial charge in [-0.1, -0.05) is 12.1 Å². The summed E-state index contributed by atoms with van der Waals surface area (Å²) in [6.45, 7) is 1.66. The molecule has 1 aromatic carbocycles. The Hall–Kier alpha value is -1.29. The summed E-state index contributed by atoms with van der Waals surface area (Å²) in [5.74, 6) is 0.750. The molecule has 0 bridgehead atoms. The monoisotopic (exact) mass is 238 g/mol. The second-order valence-electron chi connectivity index (χ2n) is 4.49. The van der Waals surface area contributed by atoms with Gasteiger partial charge in [-0.25, -0.2) is 4.39 Å². The van der Waals surface area contributed by atoms with Gasteiger partial charge in [0.2, 0.25) is 0 Å². The first-order valence-corrected chi connectivity index (χ1v) is 6.00. The quantitative estimate of drug-likeness (QED) is 0.843. The molecule has 17 heavy (non-hydrogen) atoms. The number of rotatable bonds is 4. The average molecular weight is 238 g/mol. The number of benzene rings is 1. The van der Waals surface area contributed by atoms with E-state index < -0.39 is 5.67 Å². The van der Waals surface area contributed by atoms with Crippen LogP contribution in [0.2, 0.25) is 0 Å². The Balaban J connectivity index is 1.96. The number of nitrogens with one attached hydrogen (secondary N) is 2. The van der Waals surface area contributed by atoms with Crippen molar-refractivity contribution in [3.8, 4) is 5.75 Å². The molecular formula is C13H19FN2O. The van der Waals surface area contributed by atoms with Crippen LogP contribution in [-0.2, 0) is 0 Å². The number of ether oxygens (including phenoxy) is 1. The number of hydrogen-bond acceptors (Lipinski definition) is 3. The SMILES string of the molecule is COc1ccccc1NCC1(F)CCCNC1. The van der Waals surface area contributed by atoms with Crippen LogP contribution in [0.3, 0.4) is 0 Å². The zero-order chi connectivity index (χ0) is 12.1. The normalized spacial score (nSPS) is 24.4. The van der Waals surface area contributed by atoms with E-state index in [1.54, 1.807) is 7.11 Å². The summed E-state index contributed by atoms with van der Waals surface area (Å²) in [5.41, 5.74) is -0.309. The third-order valence-corrected chi connectivity index (χ3v) is 3.12. The summed E-state index contributed by atoms with van der Waals surface area (Å²) >= 11 is 0. The predicted molar refractivity (Wildman–Crippen MR) is 67.4 cm³/mol. The lowest BCUT2D eigenvalue weighted by Crippen LogP contribution is -2.46. The number of hydrogen-bond donors (Lipinski definition) is 2. The highest BCUT2D eigenvalue weighted by Crippen LogP contribution is 2.26. The van der Waals surface area contributed by atoms with E-state index >= 15 is 0 Å². The molecule has 2 rings (SSSR count). The van der Waals surface area contributed by atoms with Crippen LogP contribution in [0.4, 0.5) is 10.1 Å². The molecule has 1 heterocycles. The Labute approximate surface area is 101 Å². The van der Waals surface area contributed by atoms with Crippen molar-refractivity contribution in [1.82, 2.24) is 5.32 Å². The molecule has 0 aromatic heterocycles. The third-order valence-electron chi connectivity index (χ3n) is 3.12. The maximum Gasteiger partial charge on any atom is 0.141 e. The van der Waals surface area contributed by atoms with Crippen molar-refractivity contribution in [2.24, 2.45) is 0 Å². The van der Waals surface area contributed by atoms with Gasteiger partial charge in [-0.3, -0.25) is 0 Å². The summed E-state index contributed by atoms with van der Waals surface area (Å²) in [5, 5.41) is 6.23. The molecule has 1 aromatic rings. The van der Waals surface area contributed by atoms with Crippen molar-refractivity contribution >= 4 is 5.69 Å². The maximum absolute atomic E-state index is 14.3. The van der Waals surface area contributed by atoms with Crippen LogP contribution in [-0.4, -0.2) is 32.4 Å². The molecular weight excluding hydrogens is 219 g/mol. The van der Waals surface area contributed by atoms with E-state index in [2.05, 4.69) is 10.6 Å². The van der Waals surface area contributed by atoms with E-state index in [0.29, 0.717) is 19.5 Å². The molecule has 1 saturated heterocycles. The highest BCUT2D eigenvalue weighted by Gasteiger charge is 2.31. The van der Waals surface area contributed by atoms with Gasteiger partial charge >= 0.3 is 0 Å². The van der Waals surface area contributed by atoms with Crippen LogP contribution in [0.1, 0.15) is 12.8 Å². The topological polar surface area (TPSA) is 33.3 Å². The summed E-state index contributed by atoms with van der Waals surface area (Å²) in [6.07, 6.45) is 1.51. The number of halogens is 1. The lowest BCUT2D eigenvalue weighted by atomic mass is 9.96. The molecule has 1 aliphatic heterocycles. The Morgan fingerprint density at radius 1 is 1.47 bits per heavy atom. The molecule has 0 amide bonds. The third kappa shape index (κ3) is 3.09. The zero-order valence-corrected chi connectivity index (χ0v) is 10.1. The molecule has 0 radical (unpaired) electrons. The molecule has 1 atom stereocenters. The number of para-hydroxylation sites is 2. The van der Waals surface area contributed by atoms with Crippen molar-refractivity contribution < 1.29 is 9.13 Å². The Bertz CT molecular complexity index is 364. The second kappa shape index (κ2) is 5.36. The van der Waals surface area contributed by atoms with Crippen LogP contribution in [0.15, 0.2) is 24.3 Å². The van der Waals surface area contributed by atoms with Gasteiger partial charge in [-0.15, -0.1) is 0 Å². The maximum atomic E-state index is 14.3.